The van der Waals surface area contributed by atoms with Gasteiger partial charge in [-0.1, -0.05) is 30.7 Å². The van der Waals surface area contributed by atoms with E-state index in [2.05, 4.69) is 17.1 Å². The minimum absolute atomic E-state index is 0.0395. The van der Waals surface area contributed by atoms with E-state index in [-0.39, 0.29) is 23.7 Å². The summed E-state index contributed by atoms with van der Waals surface area (Å²) in [5.41, 5.74) is 1.86. The molecule has 0 unspecified atom stereocenters. The molecule has 1 fully saturated rings. The van der Waals surface area contributed by atoms with Crippen molar-refractivity contribution in [3.8, 4) is 5.75 Å². The van der Waals surface area contributed by atoms with Gasteiger partial charge in [-0.3, -0.25) is 9.59 Å². The van der Waals surface area contributed by atoms with Crippen molar-refractivity contribution >= 4 is 23.3 Å². The SMILES string of the molecule is COc1ccc(C(=O)CCCCC(=O)N[C@H](CN2CCCC2)[C@H](C)c2ccc(Cl)cc2)cc1. The second kappa shape index (κ2) is 12.8. The third kappa shape index (κ3) is 7.86. The molecule has 2 atom stereocenters. The molecule has 1 heterocycles. The Kier molecular flexibility index (Phi) is 9.76. The van der Waals surface area contributed by atoms with E-state index in [1.165, 1.54) is 18.4 Å². The molecule has 6 heteroatoms. The quantitative estimate of drug-likeness (QED) is 0.330. The number of methoxy groups -OCH3 is 1. The van der Waals surface area contributed by atoms with Gasteiger partial charge in [-0.2, -0.15) is 0 Å². The Morgan fingerprint density at radius 1 is 1.00 bits per heavy atom. The van der Waals surface area contributed by atoms with Gasteiger partial charge in [0, 0.05) is 41.9 Å². The molecule has 1 N–H and O–H groups in total. The molecule has 0 spiro atoms. The molecule has 1 saturated heterocycles. The highest BCUT2D eigenvalue weighted by atomic mass is 35.5. The lowest BCUT2D eigenvalue weighted by atomic mass is 9.92. The van der Waals surface area contributed by atoms with Crippen LogP contribution in [0.5, 0.6) is 5.75 Å². The molecule has 178 valence electrons. The Bertz CT molecular complexity index is 893. The second-order valence-electron chi connectivity index (χ2n) is 8.88. The molecule has 5 nitrogen and oxygen atoms in total. The van der Waals surface area contributed by atoms with E-state index < -0.39 is 0 Å². The van der Waals surface area contributed by atoms with Crippen LogP contribution in [0.1, 0.15) is 67.3 Å². The summed E-state index contributed by atoms with van der Waals surface area (Å²) in [6, 6.07) is 15.1. The van der Waals surface area contributed by atoms with Gasteiger partial charge in [-0.05, 0) is 80.7 Å². The highest BCUT2D eigenvalue weighted by molar-refractivity contribution is 6.30. The van der Waals surface area contributed by atoms with Crippen LogP contribution in [0, 0.1) is 0 Å². The molecule has 3 rings (SSSR count). The summed E-state index contributed by atoms with van der Waals surface area (Å²) in [7, 11) is 1.60. The number of nitrogens with one attached hydrogen (secondary N) is 1. The first-order valence-corrected chi connectivity index (χ1v) is 12.3. The van der Waals surface area contributed by atoms with Crippen LogP contribution in [0.4, 0.5) is 0 Å². The fourth-order valence-corrected chi connectivity index (χ4v) is 4.47. The first kappa shape index (κ1) is 25.3. The topological polar surface area (TPSA) is 58.6 Å². The Labute approximate surface area is 202 Å². The summed E-state index contributed by atoms with van der Waals surface area (Å²) in [5, 5.41) is 3.99. The number of hydrogen-bond donors (Lipinski definition) is 1. The lowest BCUT2D eigenvalue weighted by Crippen LogP contribution is -2.46. The molecule has 1 amide bonds. The molecule has 33 heavy (non-hydrogen) atoms. The van der Waals surface area contributed by atoms with Crippen molar-refractivity contribution in [2.45, 2.75) is 57.4 Å². The van der Waals surface area contributed by atoms with E-state index in [1.807, 2.05) is 24.3 Å². The van der Waals surface area contributed by atoms with Crippen molar-refractivity contribution in [1.29, 1.82) is 0 Å². The fraction of sp³-hybridized carbons (Fsp3) is 0.481. The average Bonchev–Trinajstić information content (AvgIpc) is 3.34. The molecule has 0 saturated carbocycles. The second-order valence-corrected chi connectivity index (χ2v) is 9.32. The zero-order chi connectivity index (χ0) is 23.6. The van der Waals surface area contributed by atoms with E-state index in [4.69, 9.17) is 16.3 Å². The normalized spacial score (nSPS) is 15.7. The number of ether oxygens (including phenoxy) is 1. The first-order chi connectivity index (χ1) is 16.0. The van der Waals surface area contributed by atoms with Crippen LogP contribution in [-0.2, 0) is 4.79 Å². The zero-order valence-electron chi connectivity index (χ0n) is 19.7. The van der Waals surface area contributed by atoms with Crippen molar-refractivity contribution in [3.63, 3.8) is 0 Å². The van der Waals surface area contributed by atoms with Crippen molar-refractivity contribution in [2.75, 3.05) is 26.7 Å². The number of rotatable bonds is 12. The monoisotopic (exact) mass is 470 g/mol. The van der Waals surface area contributed by atoms with Gasteiger partial charge in [0.1, 0.15) is 5.75 Å². The number of carbonyl (C=O) groups is 2. The van der Waals surface area contributed by atoms with Crippen molar-refractivity contribution in [3.05, 3.63) is 64.7 Å². The van der Waals surface area contributed by atoms with E-state index in [9.17, 15) is 9.59 Å². The highest BCUT2D eigenvalue weighted by Gasteiger charge is 2.25. The Balaban J connectivity index is 1.48. The third-order valence-electron chi connectivity index (χ3n) is 6.47. The van der Waals surface area contributed by atoms with Crippen LogP contribution >= 0.6 is 11.6 Å². The lowest BCUT2D eigenvalue weighted by molar-refractivity contribution is -0.122. The average molecular weight is 471 g/mol. The van der Waals surface area contributed by atoms with Gasteiger partial charge in [-0.15, -0.1) is 0 Å². The molecule has 1 aliphatic heterocycles. The summed E-state index contributed by atoms with van der Waals surface area (Å²) >= 11 is 6.06. The minimum atomic E-state index is 0.0395. The number of ketones is 1. The van der Waals surface area contributed by atoms with Gasteiger partial charge in [0.25, 0.3) is 0 Å². The summed E-state index contributed by atoms with van der Waals surface area (Å²) in [6.45, 7) is 5.20. The first-order valence-electron chi connectivity index (χ1n) is 11.9. The highest BCUT2D eigenvalue weighted by Crippen LogP contribution is 2.23. The Hall–Kier alpha value is -2.37. The maximum absolute atomic E-state index is 12.8. The minimum Gasteiger partial charge on any atom is -0.497 e. The van der Waals surface area contributed by atoms with Gasteiger partial charge in [0.15, 0.2) is 5.78 Å². The van der Waals surface area contributed by atoms with Crippen molar-refractivity contribution in [1.82, 2.24) is 10.2 Å². The largest absolute Gasteiger partial charge is 0.497 e. The van der Waals surface area contributed by atoms with Gasteiger partial charge < -0.3 is 15.0 Å². The Morgan fingerprint density at radius 3 is 2.27 bits per heavy atom. The summed E-state index contributed by atoms with van der Waals surface area (Å²) in [5.74, 6) is 1.07. The van der Waals surface area contributed by atoms with Crippen molar-refractivity contribution < 1.29 is 14.3 Å². The van der Waals surface area contributed by atoms with Gasteiger partial charge in [-0.25, -0.2) is 0 Å². The van der Waals surface area contributed by atoms with Crippen LogP contribution in [-0.4, -0.2) is 49.4 Å². The number of nitrogens with zero attached hydrogens (tertiary/aromatic N) is 1. The lowest BCUT2D eigenvalue weighted by Gasteiger charge is -2.30. The molecule has 0 radical (unpaired) electrons. The number of Topliss-reactive ketones (excluding diaryl/α,β-unsaturated/α-hetero) is 1. The van der Waals surface area contributed by atoms with Gasteiger partial charge in [0.05, 0.1) is 7.11 Å². The van der Waals surface area contributed by atoms with Crippen LogP contribution in [0.3, 0.4) is 0 Å². The number of benzene rings is 2. The standard InChI is InChI=1S/C27H35ClN2O3/c1-20(21-9-13-23(28)14-10-21)25(19-30-17-5-6-18-30)29-27(32)8-4-3-7-26(31)22-11-15-24(33-2)16-12-22/h9-16,20,25H,3-8,17-19H2,1-2H3,(H,29,32)/t20-,25-/m1/s1. The molecular weight excluding hydrogens is 436 g/mol. The number of halogens is 1. The smallest absolute Gasteiger partial charge is 0.220 e. The van der Waals surface area contributed by atoms with E-state index in [0.29, 0.717) is 31.2 Å². The number of unbranched alkanes of at least 4 members (excludes halogenated alkanes) is 1. The third-order valence-corrected chi connectivity index (χ3v) is 6.72. The van der Waals surface area contributed by atoms with Gasteiger partial charge in [0.2, 0.25) is 5.91 Å². The number of amides is 1. The molecule has 0 bridgehead atoms. The van der Waals surface area contributed by atoms with Crippen molar-refractivity contribution in [2.24, 2.45) is 0 Å². The summed E-state index contributed by atoms with van der Waals surface area (Å²) in [6.07, 6.45) is 4.70. The van der Waals surface area contributed by atoms with E-state index in [1.54, 1.807) is 31.4 Å². The maximum atomic E-state index is 12.8. The number of hydrogen-bond acceptors (Lipinski definition) is 4. The zero-order valence-corrected chi connectivity index (χ0v) is 20.4. The predicted octanol–water partition coefficient (Wildman–Crippen LogP) is 5.48. The van der Waals surface area contributed by atoms with Crippen LogP contribution in [0.25, 0.3) is 0 Å². The molecule has 2 aromatic rings. The predicted molar refractivity (Wildman–Crippen MR) is 133 cm³/mol. The molecule has 0 aromatic heterocycles. The van der Waals surface area contributed by atoms with Crippen LogP contribution < -0.4 is 10.1 Å². The van der Waals surface area contributed by atoms with Crippen LogP contribution in [0.2, 0.25) is 5.02 Å². The summed E-state index contributed by atoms with van der Waals surface area (Å²) in [4.78, 5) is 27.6. The molecular formula is C27H35ClN2O3. The molecule has 0 aliphatic carbocycles. The maximum Gasteiger partial charge on any atom is 0.220 e. The number of likely N-dealkylation sites (tertiary alicyclic amines) is 1. The van der Waals surface area contributed by atoms with E-state index in [0.717, 1.165) is 30.4 Å². The van der Waals surface area contributed by atoms with Gasteiger partial charge >= 0.3 is 0 Å². The molecule has 1 aliphatic rings. The summed E-state index contributed by atoms with van der Waals surface area (Å²) < 4.78 is 5.13. The number of carbonyl (C=O) groups excluding carboxylic acids is 2. The Morgan fingerprint density at radius 2 is 1.64 bits per heavy atom. The van der Waals surface area contributed by atoms with Crippen LogP contribution in [0.15, 0.2) is 48.5 Å². The molecule has 2 aromatic carbocycles. The fourth-order valence-electron chi connectivity index (χ4n) is 4.34. The van der Waals surface area contributed by atoms with E-state index >= 15 is 0 Å².